The maximum Gasteiger partial charge on any atom is 0.472 e. The van der Waals surface area contributed by atoms with Gasteiger partial charge in [0.05, 0.1) is 27.7 Å². The number of hydrogen-bond acceptors (Lipinski definition) is 7. The zero-order chi connectivity index (χ0) is 66.2. The number of nitrogens with zero attached hydrogens (tertiary/aromatic N) is 1. The van der Waals surface area contributed by atoms with Crippen LogP contribution in [0, 0.1) is 0 Å². The topological polar surface area (TPSA) is 108 Å². The van der Waals surface area contributed by atoms with Crippen molar-refractivity contribution in [2.24, 2.45) is 0 Å². The van der Waals surface area contributed by atoms with E-state index in [1.807, 2.05) is 21.1 Å². The third-order valence-corrected chi connectivity index (χ3v) is 20.0. The first-order valence-electron chi connectivity index (χ1n) is 40.9. The number of allylic oxidation sites excluding steroid dienone is 2. The highest BCUT2D eigenvalue weighted by molar-refractivity contribution is 7.47. The highest BCUT2D eigenvalue weighted by Gasteiger charge is 2.27. The van der Waals surface area contributed by atoms with Crippen molar-refractivity contribution < 1.29 is 42.1 Å². The molecule has 9 nitrogen and oxygen atoms in total. The number of likely N-dealkylation sites (N-methyl/N-ethyl adjacent to an activating group) is 1. The third-order valence-electron chi connectivity index (χ3n) is 19.0. The number of hydrogen-bond donors (Lipinski definition) is 1. The van der Waals surface area contributed by atoms with Crippen LogP contribution in [0.2, 0.25) is 0 Å². The Kier molecular flexibility index (Phi) is 72.0. The van der Waals surface area contributed by atoms with E-state index in [0.717, 1.165) is 38.5 Å². The Morgan fingerprint density at radius 3 is 0.813 bits per heavy atom. The molecule has 0 bridgehead atoms. The molecule has 91 heavy (non-hydrogen) atoms. The van der Waals surface area contributed by atoms with E-state index in [2.05, 4.69) is 26.0 Å². The summed E-state index contributed by atoms with van der Waals surface area (Å²) in [4.78, 5) is 36.0. The molecule has 2 unspecified atom stereocenters. The molecule has 0 aliphatic heterocycles. The summed E-state index contributed by atoms with van der Waals surface area (Å²) in [5.74, 6) is -0.766. The van der Waals surface area contributed by atoms with Gasteiger partial charge >= 0.3 is 19.8 Å². The van der Waals surface area contributed by atoms with Crippen LogP contribution in [-0.4, -0.2) is 74.9 Å². The lowest BCUT2D eigenvalue weighted by Gasteiger charge is -2.24. The minimum Gasteiger partial charge on any atom is -0.462 e. The van der Waals surface area contributed by atoms with Gasteiger partial charge in [0, 0.05) is 12.8 Å². The van der Waals surface area contributed by atoms with Crippen LogP contribution in [-0.2, 0) is 32.7 Å². The number of phosphoric ester groups is 1. The van der Waals surface area contributed by atoms with Gasteiger partial charge in [-0.2, -0.15) is 0 Å². The molecule has 0 aromatic heterocycles. The van der Waals surface area contributed by atoms with Crippen LogP contribution in [0.4, 0.5) is 0 Å². The van der Waals surface area contributed by atoms with Crippen LogP contribution in [0.25, 0.3) is 0 Å². The van der Waals surface area contributed by atoms with Crippen molar-refractivity contribution in [2.45, 2.75) is 450 Å². The van der Waals surface area contributed by atoms with Crippen LogP contribution in [0.1, 0.15) is 444 Å². The van der Waals surface area contributed by atoms with Crippen molar-refractivity contribution in [1.29, 1.82) is 0 Å². The first-order valence-corrected chi connectivity index (χ1v) is 42.4. The fraction of sp³-hybridized carbons (Fsp3) is 0.951. The number of quaternary nitrogens is 1. The molecule has 0 saturated heterocycles. The summed E-state index contributed by atoms with van der Waals surface area (Å²) >= 11 is 0. The largest absolute Gasteiger partial charge is 0.472 e. The normalized spacial score (nSPS) is 13.0. The van der Waals surface area contributed by atoms with E-state index in [1.54, 1.807) is 0 Å². The first kappa shape index (κ1) is 89.8. The van der Waals surface area contributed by atoms with Crippen molar-refractivity contribution in [3.05, 3.63) is 12.2 Å². The lowest BCUT2D eigenvalue weighted by molar-refractivity contribution is -0.870. The van der Waals surface area contributed by atoms with E-state index in [9.17, 15) is 19.0 Å². The standard InChI is InChI=1S/C81H160NO8P/c1-6-8-10-12-14-16-18-20-22-24-26-28-30-32-34-36-38-40-42-43-45-47-49-51-53-55-57-59-61-63-65-67-69-71-73-80(83)87-77-79(78-89-91(85,86)88-76-75-82(3,4)5)90-81(84)74-72-70-68-66-64-62-60-58-56-54-52-50-48-46-44-41-39-37-35-33-31-29-27-25-23-21-19-17-15-13-11-9-7-2/h25,27,79H,6-24,26,28-78H2,1-5H3/p+1/b27-25-. The quantitative estimate of drug-likeness (QED) is 0.0211. The molecule has 0 spiro atoms. The second kappa shape index (κ2) is 73.0. The van der Waals surface area contributed by atoms with E-state index in [0.29, 0.717) is 17.4 Å². The van der Waals surface area contributed by atoms with Gasteiger partial charge in [0.1, 0.15) is 19.8 Å². The number of carbonyl (C=O) groups is 2. The van der Waals surface area contributed by atoms with Gasteiger partial charge in [-0.25, -0.2) is 4.57 Å². The summed E-state index contributed by atoms with van der Waals surface area (Å²) < 4.78 is 34.9. The Hall–Kier alpha value is -1.25. The average molecular weight is 1310 g/mol. The smallest absolute Gasteiger partial charge is 0.462 e. The monoisotopic (exact) mass is 1310 g/mol. The van der Waals surface area contributed by atoms with Gasteiger partial charge in [0.2, 0.25) is 0 Å². The van der Waals surface area contributed by atoms with Crippen LogP contribution in [0.5, 0.6) is 0 Å². The minimum absolute atomic E-state index is 0.0369. The molecule has 0 saturated carbocycles. The Morgan fingerprint density at radius 2 is 0.560 bits per heavy atom. The molecule has 10 heteroatoms. The number of rotatable bonds is 78. The fourth-order valence-electron chi connectivity index (χ4n) is 12.8. The second-order valence-corrected chi connectivity index (χ2v) is 31.0. The van der Waals surface area contributed by atoms with Crippen molar-refractivity contribution in [2.75, 3.05) is 47.5 Å². The van der Waals surface area contributed by atoms with Gasteiger partial charge in [-0.1, -0.05) is 405 Å². The van der Waals surface area contributed by atoms with Gasteiger partial charge in [0.15, 0.2) is 6.10 Å². The fourth-order valence-corrected chi connectivity index (χ4v) is 13.5. The summed E-state index contributed by atoms with van der Waals surface area (Å²) in [6.07, 6.45) is 92.4. The summed E-state index contributed by atoms with van der Waals surface area (Å²) in [7, 11) is 1.51. The van der Waals surface area contributed by atoms with E-state index in [-0.39, 0.29) is 25.6 Å². The van der Waals surface area contributed by atoms with Crippen molar-refractivity contribution in [3.63, 3.8) is 0 Å². The SMILES string of the molecule is CCCCCCCCCC/C=C\CCCCCCCCCCCCCCCCCCCCCCCC(=O)OC(COC(=O)CCCCCCCCCCCCCCCCCCCCCCCCCCCCCCCCCCCC)COP(=O)(O)OCC[N+](C)(C)C. The highest BCUT2D eigenvalue weighted by atomic mass is 31.2. The Bertz CT molecular complexity index is 1540. The van der Waals surface area contributed by atoms with Crippen LogP contribution in [0.3, 0.4) is 0 Å². The van der Waals surface area contributed by atoms with Crippen LogP contribution < -0.4 is 0 Å². The van der Waals surface area contributed by atoms with Gasteiger partial charge in [-0.15, -0.1) is 0 Å². The minimum atomic E-state index is -4.39. The molecule has 0 fully saturated rings. The van der Waals surface area contributed by atoms with Crippen molar-refractivity contribution in [1.82, 2.24) is 0 Å². The molecule has 0 rings (SSSR count). The molecule has 1 N–H and O–H groups in total. The summed E-state index contributed by atoms with van der Waals surface area (Å²) in [5.41, 5.74) is 0. The summed E-state index contributed by atoms with van der Waals surface area (Å²) in [6.45, 7) is 4.54. The van der Waals surface area contributed by atoms with E-state index < -0.39 is 26.5 Å². The number of esters is 2. The molecule has 0 aromatic carbocycles. The van der Waals surface area contributed by atoms with E-state index in [1.165, 1.54) is 379 Å². The highest BCUT2D eigenvalue weighted by Crippen LogP contribution is 2.43. The lowest BCUT2D eigenvalue weighted by Crippen LogP contribution is -2.37. The Morgan fingerprint density at radius 1 is 0.330 bits per heavy atom. The third kappa shape index (κ3) is 77.6. The first-order chi connectivity index (χ1) is 44.5. The molecule has 2 atom stereocenters. The lowest BCUT2D eigenvalue weighted by atomic mass is 10.0. The van der Waals surface area contributed by atoms with E-state index >= 15 is 0 Å². The van der Waals surface area contributed by atoms with Crippen molar-refractivity contribution >= 4 is 19.8 Å². The molecule has 0 aromatic rings. The zero-order valence-electron chi connectivity index (χ0n) is 62.1. The number of carbonyl (C=O) groups excluding carboxylic acids is 2. The molecule has 0 aliphatic carbocycles. The van der Waals surface area contributed by atoms with Crippen molar-refractivity contribution in [3.8, 4) is 0 Å². The van der Waals surface area contributed by atoms with Gasteiger partial charge < -0.3 is 18.9 Å². The van der Waals surface area contributed by atoms with Crippen LogP contribution >= 0.6 is 7.82 Å². The molecule has 0 heterocycles. The van der Waals surface area contributed by atoms with Crippen LogP contribution in [0.15, 0.2) is 12.2 Å². The number of ether oxygens (including phenoxy) is 2. The maximum absolute atomic E-state index is 12.9. The van der Waals surface area contributed by atoms with E-state index in [4.69, 9.17) is 18.5 Å². The zero-order valence-corrected chi connectivity index (χ0v) is 63.0. The Labute approximate surface area is 568 Å². The van der Waals surface area contributed by atoms with Gasteiger partial charge in [-0.05, 0) is 38.5 Å². The number of phosphoric acid groups is 1. The predicted octanol–water partition coefficient (Wildman–Crippen LogP) is 27.0. The molecular formula is C81H161NO8P+. The molecular weight excluding hydrogens is 1150 g/mol. The average Bonchev–Trinajstić information content (AvgIpc) is 3.62. The second-order valence-electron chi connectivity index (χ2n) is 29.5. The molecule has 0 amide bonds. The van der Waals surface area contributed by atoms with Gasteiger partial charge in [0.25, 0.3) is 0 Å². The molecule has 542 valence electrons. The molecule has 0 aliphatic rings. The predicted molar refractivity (Wildman–Crippen MR) is 395 cm³/mol. The number of unbranched alkanes of at least 4 members (excludes halogenated alkanes) is 62. The maximum atomic E-state index is 12.9. The summed E-state index contributed by atoms with van der Waals surface area (Å²) in [5, 5.41) is 0. The molecule has 0 radical (unpaired) electrons. The summed E-state index contributed by atoms with van der Waals surface area (Å²) in [6, 6.07) is 0. The Balaban J connectivity index is 3.88. The van der Waals surface area contributed by atoms with Gasteiger partial charge in [-0.3, -0.25) is 18.6 Å².